The summed E-state index contributed by atoms with van der Waals surface area (Å²) in [5, 5.41) is 9.06. The van der Waals surface area contributed by atoms with Gasteiger partial charge in [0.05, 0.1) is 19.3 Å². The Morgan fingerprint density at radius 1 is 1.27 bits per heavy atom. The van der Waals surface area contributed by atoms with Gasteiger partial charge in [0, 0.05) is 19.1 Å². The minimum atomic E-state index is -3.37. The molecule has 2 fully saturated rings. The third kappa shape index (κ3) is 2.67. The van der Waals surface area contributed by atoms with E-state index in [-0.39, 0.29) is 12.1 Å². The van der Waals surface area contributed by atoms with Crippen molar-refractivity contribution >= 4 is 10.2 Å². The lowest BCUT2D eigenvalue weighted by molar-refractivity contribution is 0.0631. The molecule has 1 saturated carbocycles. The lowest BCUT2D eigenvalue weighted by Gasteiger charge is -2.34. The molecule has 0 bridgehead atoms. The van der Waals surface area contributed by atoms with Crippen LogP contribution in [0.2, 0.25) is 0 Å². The average Bonchev–Trinajstić information content (AvgIpc) is 2.17. The van der Waals surface area contributed by atoms with Crippen LogP contribution in [-0.4, -0.2) is 56.3 Å². The summed E-state index contributed by atoms with van der Waals surface area (Å²) >= 11 is 0. The molecule has 2 N–H and O–H groups in total. The van der Waals surface area contributed by atoms with Gasteiger partial charge >= 0.3 is 0 Å². The molecule has 7 heteroatoms. The molecule has 2 rings (SSSR count). The van der Waals surface area contributed by atoms with E-state index >= 15 is 0 Å². The third-order valence-electron chi connectivity index (χ3n) is 2.74. The third-order valence-corrected chi connectivity index (χ3v) is 4.41. The SMILES string of the molecule is O=S(=O)(NC1CC(O)C1)N1CCOCC1. The zero-order valence-electron chi connectivity index (χ0n) is 8.42. The Balaban J connectivity index is 1.88. The predicted octanol–water partition coefficient (Wildman–Crippen LogP) is -1.32. The van der Waals surface area contributed by atoms with E-state index in [1.165, 1.54) is 4.31 Å². The monoisotopic (exact) mass is 236 g/mol. The lowest BCUT2D eigenvalue weighted by atomic mass is 9.91. The highest BCUT2D eigenvalue weighted by atomic mass is 32.2. The first-order valence-corrected chi connectivity index (χ1v) is 6.55. The molecule has 1 heterocycles. The van der Waals surface area contributed by atoms with E-state index in [2.05, 4.69) is 4.72 Å². The van der Waals surface area contributed by atoms with Crippen molar-refractivity contribution in [1.82, 2.24) is 9.03 Å². The van der Waals surface area contributed by atoms with Crippen LogP contribution >= 0.6 is 0 Å². The van der Waals surface area contributed by atoms with Gasteiger partial charge in [-0.15, -0.1) is 0 Å². The fourth-order valence-corrected chi connectivity index (χ4v) is 3.15. The van der Waals surface area contributed by atoms with Crippen LogP contribution in [0, 0.1) is 0 Å². The predicted molar refractivity (Wildman–Crippen MR) is 53.5 cm³/mol. The van der Waals surface area contributed by atoms with Crippen LogP contribution < -0.4 is 4.72 Å². The quantitative estimate of drug-likeness (QED) is 0.637. The van der Waals surface area contributed by atoms with Crippen molar-refractivity contribution in [2.75, 3.05) is 26.3 Å². The Morgan fingerprint density at radius 3 is 2.40 bits per heavy atom. The molecule has 0 spiro atoms. The van der Waals surface area contributed by atoms with Crippen molar-refractivity contribution in [2.24, 2.45) is 0 Å². The largest absolute Gasteiger partial charge is 0.393 e. The number of morpholine rings is 1. The van der Waals surface area contributed by atoms with Crippen LogP contribution in [0.1, 0.15) is 12.8 Å². The summed E-state index contributed by atoms with van der Waals surface area (Å²) < 4.78 is 32.6. The number of ether oxygens (including phenoxy) is 1. The van der Waals surface area contributed by atoms with Gasteiger partial charge in [0.1, 0.15) is 0 Å². The Hall–Kier alpha value is -0.210. The Morgan fingerprint density at radius 2 is 1.87 bits per heavy atom. The maximum absolute atomic E-state index is 11.8. The Kier molecular flexibility index (Phi) is 3.27. The van der Waals surface area contributed by atoms with E-state index in [0.29, 0.717) is 39.1 Å². The number of nitrogens with zero attached hydrogens (tertiary/aromatic N) is 1. The minimum absolute atomic E-state index is 0.104. The molecule has 88 valence electrons. The summed E-state index contributed by atoms with van der Waals surface area (Å²) in [6.07, 6.45) is 0.690. The first-order chi connectivity index (χ1) is 7.08. The van der Waals surface area contributed by atoms with Crippen molar-refractivity contribution in [3.05, 3.63) is 0 Å². The van der Waals surface area contributed by atoms with Crippen molar-refractivity contribution in [1.29, 1.82) is 0 Å². The first kappa shape index (κ1) is 11.3. The summed E-state index contributed by atoms with van der Waals surface area (Å²) in [5.74, 6) is 0. The van der Waals surface area contributed by atoms with Crippen LogP contribution in [-0.2, 0) is 14.9 Å². The van der Waals surface area contributed by atoms with Gasteiger partial charge in [0.25, 0.3) is 10.2 Å². The molecule has 0 aromatic heterocycles. The van der Waals surface area contributed by atoms with Gasteiger partial charge in [-0.1, -0.05) is 0 Å². The van der Waals surface area contributed by atoms with E-state index in [0.717, 1.165) is 0 Å². The van der Waals surface area contributed by atoms with Gasteiger partial charge in [-0.05, 0) is 12.8 Å². The highest BCUT2D eigenvalue weighted by molar-refractivity contribution is 7.87. The molecular formula is C8H16N2O4S. The maximum atomic E-state index is 11.8. The molecule has 2 aliphatic rings. The second kappa shape index (κ2) is 4.34. The van der Waals surface area contributed by atoms with Crippen molar-refractivity contribution in [3.8, 4) is 0 Å². The molecule has 15 heavy (non-hydrogen) atoms. The Labute approximate surface area is 89.4 Å². The molecule has 0 aromatic carbocycles. The number of aliphatic hydroxyl groups excluding tert-OH is 1. The molecule has 0 atom stereocenters. The van der Waals surface area contributed by atoms with Crippen LogP contribution in [0.3, 0.4) is 0 Å². The first-order valence-electron chi connectivity index (χ1n) is 5.11. The van der Waals surface area contributed by atoms with E-state index in [1.807, 2.05) is 0 Å². The van der Waals surface area contributed by atoms with Crippen LogP contribution in [0.15, 0.2) is 0 Å². The van der Waals surface area contributed by atoms with E-state index in [1.54, 1.807) is 0 Å². The number of rotatable bonds is 3. The van der Waals surface area contributed by atoms with Gasteiger partial charge in [-0.3, -0.25) is 0 Å². The van der Waals surface area contributed by atoms with E-state index in [9.17, 15) is 8.42 Å². The van der Waals surface area contributed by atoms with Crippen LogP contribution in [0.25, 0.3) is 0 Å². The number of hydrogen-bond acceptors (Lipinski definition) is 4. The molecule has 6 nitrogen and oxygen atoms in total. The summed E-state index contributed by atoms with van der Waals surface area (Å²) in [7, 11) is -3.37. The van der Waals surface area contributed by atoms with Gasteiger partial charge in [-0.2, -0.15) is 17.4 Å². The highest BCUT2D eigenvalue weighted by Gasteiger charge is 2.33. The molecular weight excluding hydrogens is 220 g/mol. The Bertz CT molecular complexity index is 307. The summed E-state index contributed by atoms with van der Waals surface area (Å²) in [6.45, 7) is 1.72. The molecule has 0 radical (unpaired) electrons. The van der Waals surface area contributed by atoms with Crippen molar-refractivity contribution in [3.63, 3.8) is 0 Å². The van der Waals surface area contributed by atoms with E-state index < -0.39 is 10.2 Å². The van der Waals surface area contributed by atoms with Gasteiger partial charge in [0.15, 0.2) is 0 Å². The fourth-order valence-electron chi connectivity index (χ4n) is 1.76. The smallest absolute Gasteiger partial charge is 0.279 e. The zero-order valence-corrected chi connectivity index (χ0v) is 9.24. The fraction of sp³-hybridized carbons (Fsp3) is 1.00. The van der Waals surface area contributed by atoms with E-state index in [4.69, 9.17) is 9.84 Å². The summed E-state index contributed by atoms with van der Waals surface area (Å²) in [4.78, 5) is 0. The second-order valence-corrected chi connectivity index (χ2v) is 5.66. The average molecular weight is 236 g/mol. The molecule has 1 saturated heterocycles. The zero-order chi connectivity index (χ0) is 10.9. The molecule has 0 unspecified atom stereocenters. The number of aliphatic hydroxyl groups is 1. The van der Waals surface area contributed by atoms with Crippen LogP contribution in [0.4, 0.5) is 0 Å². The number of nitrogens with one attached hydrogen (secondary N) is 1. The normalized spacial score (nSPS) is 33.7. The summed E-state index contributed by atoms with van der Waals surface area (Å²) in [6, 6.07) is -0.104. The lowest BCUT2D eigenvalue weighted by Crippen LogP contribution is -2.53. The van der Waals surface area contributed by atoms with Crippen LogP contribution in [0.5, 0.6) is 0 Å². The van der Waals surface area contributed by atoms with Crippen molar-refractivity contribution in [2.45, 2.75) is 25.0 Å². The molecule has 1 aliphatic heterocycles. The number of hydrogen-bond donors (Lipinski definition) is 2. The molecule has 0 amide bonds. The second-order valence-electron chi connectivity index (χ2n) is 3.96. The minimum Gasteiger partial charge on any atom is -0.393 e. The molecule has 1 aliphatic carbocycles. The van der Waals surface area contributed by atoms with Crippen molar-refractivity contribution < 1.29 is 18.3 Å². The standard InChI is InChI=1S/C8H16N2O4S/c11-8-5-7(6-8)9-15(12,13)10-1-3-14-4-2-10/h7-9,11H,1-6H2. The highest BCUT2D eigenvalue weighted by Crippen LogP contribution is 2.20. The van der Waals surface area contributed by atoms with Gasteiger partial charge in [-0.25, -0.2) is 0 Å². The van der Waals surface area contributed by atoms with Gasteiger partial charge < -0.3 is 9.84 Å². The maximum Gasteiger partial charge on any atom is 0.279 e. The topological polar surface area (TPSA) is 78.9 Å². The summed E-state index contributed by atoms with van der Waals surface area (Å²) in [5.41, 5.74) is 0. The van der Waals surface area contributed by atoms with Gasteiger partial charge in [0.2, 0.25) is 0 Å². The molecule has 0 aromatic rings.